The van der Waals surface area contributed by atoms with Gasteiger partial charge in [-0.1, -0.05) is 0 Å². The van der Waals surface area contributed by atoms with Crippen LogP contribution in [0.15, 0.2) is 6.33 Å². The highest BCUT2D eigenvalue weighted by molar-refractivity contribution is 4.39. The molecule has 1 rings (SSSR count). The van der Waals surface area contributed by atoms with Gasteiger partial charge in [-0.05, 0) is 10.4 Å². The van der Waals surface area contributed by atoms with Gasteiger partial charge >= 0.3 is 0 Å². The average Bonchev–Trinajstić information content (AvgIpc) is 2.14. The van der Waals surface area contributed by atoms with E-state index < -0.39 is 0 Å². The molecule has 0 saturated heterocycles. The Morgan fingerprint density at radius 2 is 2.57 bits per heavy atom. The predicted octanol–water partition coefficient (Wildman–Crippen LogP) is -1.09. The van der Waals surface area contributed by atoms with Crippen molar-refractivity contribution in [2.45, 2.75) is 6.67 Å². The Balaban J connectivity index is 2.76. The molecule has 0 aromatic carbocycles. The molecule has 0 bridgehead atoms. The molecule has 0 fully saturated rings. The maximum atomic E-state index is 6.68. The molecule has 1 heterocycles. The van der Waals surface area contributed by atoms with Crippen molar-refractivity contribution in [3.8, 4) is 0 Å². The first-order valence-corrected chi connectivity index (χ1v) is 1.79. The summed E-state index contributed by atoms with van der Waals surface area (Å²) in [5, 5.41) is 10.0. The second-order valence-electron chi connectivity index (χ2n) is 1.01. The molecular formula is C2H4N5. The molecule has 1 radical (unpaired) electrons. The Morgan fingerprint density at radius 1 is 1.71 bits per heavy atom. The summed E-state index contributed by atoms with van der Waals surface area (Å²) in [6.07, 6.45) is 1.40. The van der Waals surface area contributed by atoms with Gasteiger partial charge in [-0.15, -0.1) is 5.10 Å². The van der Waals surface area contributed by atoms with Crippen LogP contribution in [-0.2, 0) is 6.67 Å². The van der Waals surface area contributed by atoms with E-state index in [-0.39, 0.29) is 6.67 Å². The van der Waals surface area contributed by atoms with Crippen molar-refractivity contribution in [1.29, 1.82) is 0 Å². The Morgan fingerprint density at radius 3 is 2.86 bits per heavy atom. The van der Waals surface area contributed by atoms with Crippen LogP contribution in [0.25, 0.3) is 0 Å². The fourth-order valence-corrected chi connectivity index (χ4v) is 0.253. The highest BCUT2D eigenvalue weighted by Crippen LogP contribution is 1.66. The lowest BCUT2D eigenvalue weighted by molar-refractivity contribution is 0.596. The second-order valence-corrected chi connectivity index (χ2v) is 1.01. The van der Waals surface area contributed by atoms with Crippen molar-refractivity contribution in [3.05, 3.63) is 6.33 Å². The van der Waals surface area contributed by atoms with Crippen LogP contribution in [0.3, 0.4) is 0 Å². The zero-order valence-electron chi connectivity index (χ0n) is 3.57. The number of nitrogens with one attached hydrogen (secondary N) is 1. The van der Waals surface area contributed by atoms with E-state index in [1.807, 2.05) is 0 Å². The Hall–Kier alpha value is -0.970. The summed E-state index contributed by atoms with van der Waals surface area (Å²) < 4.78 is 1.32. The molecule has 37 valence electrons. The van der Waals surface area contributed by atoms with E-state index in [0.29, 0.717) is 0 Å². The van der Waals surface area contributed by atoms with E-state index in [2.05, 4.69) is 15.5 Å². The van der Waals surface area contributed by atoms with Crippen molar-refractivity contribution in [2.75, 3.05) is 0 Å². The van der Waals surface area contributed by atoms with Crippen LogP contribution in [0.4, 0.5) is 0 Å². The van der Waals surface area contributed by atoms with Gasteiger partial charge in [-0.3, -0.25) is 0 Å². The first-order valence-electron chi connectivity index (χ1n) is 1.79. The van der Waals surface area contributed by atoms with Crippen molar-refractivity contribution < 1.29 is 0 Å². The van der Waals surface area contributed by atoms with Crippen LogP contribution >= 0.6 is 0 Å². The minimum absolute atomic E-state index is 0.0903. The van der Waals surface area contributed by atoms with Gasteiger partial charge in [0.15, 0.2) is 0 Å². The molecule has 0 aliphatic rings. The molecule has 1 aromatic heterocycles. The van der Waals surface area contributed by atoms with E-state index in [9.17, 15) is 0 Å². The zero-order valence-corrected chi connectivity index (χ0v) is 3.57. The van der Waals surface area contributed by atoms with E-state index >= 15 is 0 Å². The van der Waals surface area contributed by atoms with Gasteiger partial charge in [0.1, 0.15) is 13.0 Å². The van der Waals surface area contributed by atoms with E-state index in [0.717, 1.165) is 0 Å². The monoisotopic (exact) mass is 98.0 g/mol. The van der Waals surface area contributed by atoms with Crippen LogP contribution in [0.5, 0.6) is 0 Å². The van der Waals surface area contributed by atoms with Crippen molar-refractivity contribution in [1.82, 2.24) is 25.9 Å². The lowest BCUT2D eigenvalue weighted by Gasteiger charge is -1.82. The fraction of sp³-hybridized carbons (Fsp3) is 0.500. The topological polar surface area (TPSA) is 67.4 Å². The van der Waals surface area contributed by atoms with Crippen LogP contribution < -0.4 is 5.73 Å². The normalized spacial score (nSPS) is 9.29. The third kappa shape index (κ3) is 0.716. The van der Waals surface area contributed by atoms with E-state index in [1.165, 1.54) is 11.0 Å². The molecule has 5 heteroatoms. The summed E-state index contributed by atoms with van der Waals surface area (Å²) in [6, 6.07) is 0. The molecule has 1 N–H and O–H groups in total. The average molecular weight is 98.1 g/mol. The minimum atomic E-state index is 0.0903. The van der Waals surface area contributed by atoms with Crippen LogP contribution in [0.2, 0.25) is 0 Å². The molecule has 0 atom stereocenters. The SMILES string of the molecule is [NH]Cn1cnnn1. The first-order chi connectivity index (χ1) is 3.43. The van der Waals surface area contributed by atoms with Gasteiger partial charge in [-0.25, -0.2) is 10.4 Å². The molecule has 1 aromatic rings. The standard InChI is InChI=1S/C2H4N5/c3-1-7-2-4-5-6-7/h2-3H,1H2. The largest absolute Gasteiger partial charge is 0.235 e. The number of rotatable bonds is 1. The first kappa shape index (κ1) is 4.20. The zero-order chi connectivity index (χ0) is 5.11. The predicted molar refractivity (Wildman–Crippen MR) is 20.9 cm³/mol. The molecule has 0 aliphatic carbocycles. The highest BCUT2D eigenvalue weighted by atomic mass is 15.5. The number of aromatic nitrogens is 4. The number of hydrogen-bond donors (Lipinski definition) is 0. The smallest absolute Gasteiger partial charge is 0.139 e. The summed E-state index contributed by atoms with van der Waals surface area (Å²) >= 11 is 0. The second kappa shape index (κ2) is 1.65. The summed E-state index contributed by atoms with van der Waals surface area (Å²) in [5.74, 6) is 0. The molecule has 0 amide bonds. The molecular weight excluding hydrogens is 94.1 g/mol. The van der Waals surface area contributed by atoms with Crippen molar-refractivity contribution in [3.63, 3.8) is 0 Å². The summed E-state index contributed by atoms with van der Waals surface area (Å²) in [7, 11) is 0. The van der Waals surface area contributed by atoms with E-state index in [4.69, 9.17) is 5.73 Å². The van der Waals surface area contributed by atoms with Crippen molar-refractivity contribution in [2.24, 2.45) is 0 Å². The van der Waals surface area contributed by atoms with Gasteiger partial charge in [-0.2, -0.15) is 0 Å². The van der Waals surface area contributed by atoms with Gasteiger partial charge < -0.3 is 0 Å². The summed E-state index contributed by atoms with van der Waals surface area (Å²) in [6.45, 7) is 0.0903. The molecule has 7 heavy (non-hydrogen) atoms. The summed E-state index contributed by atoms with van der Waals surface area (Å²) in [4.78, 5) is 0. The lowest BCUT2D eigenvalue weighted by atomic mass is 11.1. The van der Waals surface area contributed by atoms with Crippen molar-refractivity contribution >= 4 is 0 Å². The summed E-state index contributed by atoms with van der Waals surface area (Å²) in [5.41, 5.74) is 6.68. The van der Waals surface area contributed by atoms with Crippen LogP contribution in [0, 0.1) is 0 Å². The lowest BCUT2D eigenvalue weighted by Crippen LogP contribution is -1.97. The number of tetrazole rings is 1. The quantitative estimate of drug-likeness (QED) is 0.448. The Bertz CT molecular complexity index is 121. The van der Waals surface area contributed by atoms with Crippen LogP contribution in [0.1, 0.15) is 0 Å². The number of nitrogens with zero attached hydrogens (tertiary/aromatic N) is 4. The molecule has 5 nitrogen and oxygen atoms in total. The van der Waals surface area contributed by atoms with Gasteiger partial charge in [0, 0.05) is 0 Å². The molecule has 0 aliphatic heterocycles. The van der Waals surface area contributed by atoms with Gasteiger partial charge in [0.05, 0.1) is 0 Å². The van der Waals surface area contributed by atoms with Gasteiger partial charge in [0.2, 0.25) is 0 Å². The third-order valence-electron chi connectivity index (χ3n) is 0.553. The minimum Gasteiger partial charge on any atom is -0.235 e. The Labute approximate surface area is 40.1 Å². The third-order valence-corrected chi connectivity index (χ3v) is 0.553. The molecule has 0 saturated carbocycles. The molecule has 0 unspecified atom stereocenters. The molecule has 0 spiro atoms. The maximum Gasteiger partial charge on any atom is 0.139 e. The Kier molecular flexibility index (Phi) is 0.991. The maximum absolute atomic E-state index is 6.68. The van der Waals surface area contributed by atoms with Gasteiger partial charge in [0.25, 0.3) is 0 Å². The highest BCUT2D eigenvalue weighted by Gasteiger charge is 1.81. The van der Waals surface area contributed by atoms with Crippen LogP contribution in [-0.4, -0.2) is 20.2 Å². The fourth-order valence-electron chi connectivity index (χ4n) is 0.253. The number of hydrogen-bond acceptors (Lipinski definition) is 3. The van der Waals surface area contributed by atoms with E-state index in [1.54, 1.807) is 0 Å².